The summed E-state index contributed by atoms with van der Waals surface area (Å²) >= 11 is 7.09. The molecule has 0 saturated carbocycles. The van der Waals surface area contributed by atoms with Crippen LogP contribution in [-0.2, 0) is 21.4 Å². The highest BCUT2D eigenvalue weighted by molar-refractivity contribution is 7.91. The first-order chi connectivity index (χ1) is 12.9. The minimum atomic E-state index is -3.42. The van der Waals surface area contributed by atoms with Crippen molar-refractivity contribution in [2.45, 2.75) is 36.6 Å². The van der Waals surface area contributed by atoms with E-state index < -0.39 is 16.1 Å². The molecule has 6 nitrogen and oxygen atoms in total. The molecular weight excluding hydrogens is 408 g/mol. The van der Waals surface area contributed by atoms with E-state index in [1.807, 2.05) is 0 Å². The fraction of sp³-hybridized carbons (Fsp3) is 0.389. The van der Waals surface area contributed by atoms with Gasteiger partial charge < -0.3 is 10.1 Å². The second-order valence-electron chi connectivity index (χ2n) is 6.27. The number of halogens is 1. The summed E-state index contributed by atoms with van der Waals surface area (Å²) in [5.74, 6) is 0.229. The van der Waals surface area contributed by atoms with Crippen LogP contribution in [0.4, 0.5) is 0 Å². The molecule has 1 N–H and O–H groups in total. The van der Waals surface area contributed by atoms with Gasteiger partial charge in [0.1, 0.15) is 9.96 Å². The third-order valence-corrected chi connectivity index (χ3v) is 7.90. The Hall–Kier alpha value is -1.61. The van der Waals surface area contributed by atoms with Crippen molar-refractivity contribution in [3.63, 3.8) is 0 Å². The Bertz CT molecular complexity index is 908. The van der Waals surface area contributed by atoms with Crippen LogP contribution in [-0.4, -0.2) is 37.8 Å². The van der Waals surface area contributed by atoms with E-state index in [-0.39, 0.29) is 12.5 Å². The largest absolute Gasteiger partial charge is 0.481 e. The Morgan fingerprint density at radius 2 is 2.04 bits per heavy atom. The Morgan fingerprint density at radius 3 is 2.74 bits per heavy atom. The lowest BCUT2D eigenvalue weighted by Crippen LogP contribution is -2.35. The highest BCUT2D eigenvalue weighted by Crippen LogP contribution is 2.27. The van der Waals surface area contributed by atoms with Crippen LogP contribution in [0.5, 0.6) is 5.75 Å². The van der Waals surface area contributed by atoms with Gasteiger partial charge in [-0.15, -0.1) is 11.3 Å². The lowest BCUT2D eigenvalue weighted by Gasteiger charge is -2.14. The zero-order chi connectivity index (χ0) is 19.4. The predicted molar refractivity (Wildman–Crippen MR) is 106 cm³/mol. The minimum absolute atomic E-state index is 0.252. The number of benzene rings is 1. The van der Waals surface area contributed by atoms with Crippen molar-refractivity contribution in [2.24, 2.45) is 0 Å². The smallest absolute Gasteiger partial charge is 0.261 e. The molecular formula is C18H21ClN2O4S2. The zero-order valence-corrected chi connectivity index (χ0v) is 17.2. The number of ether oxygens (including phenoxy) is 1. The van der Waals surface area contributed by atoms with Crippen LogP contribution in [0.15, 0.2) is 40.6 Å². The molecule has 9 heteroatoms. The Kier molecular flexibility index (Phi) is 6.41. The van der Waals surface area contributed by atoms with E-state index in [9.17, 15) is 13.2 Å². The molecule has 1 aromatic heterocycles. The van der Waals surface area contributed by atoms with Gasteiger partial charge in [-0.2, -0.15) is 4.31 Å². The molecule has 1 atom stereocenters. The Morgan fingerprint density at radius 1 is 1.30 bits per heavy atom. The van der Waals surface area contributed by atoms with Crippen LogP contribution >= 0.6 is 22.9 Å². The quantitative estimate of drug-likeness (QED) is 0.734. The number of thiophene rings is 1. The van der Waals surface area contributed by atoms with E-state index in [0.717, 1.165) is 17.7 Å². The number of nitrogens with zero attached hydrogens (tertiary/aromatic N) is 1. The van der Waals surface area contributed by atoms with E-state index in [1.54, 1.807) is 43.3 Å². The molecule has 2 aromatic rings. The number of amides is 1. The average Bonchev–Trinajstić information content (AvgIpc) is 3.32. The summed E-state index contributed by atoms with van der Waals surface area (Å²) in [5, 5.41) is 3.31. The van der Waals surface area contributed by atoms with Crippen LogP contribution in [0.3, 0.4) is 0 Å². The molecule has 1 aromatic carbocycles. The molecule has 2 heterocycles. The topological polar surface area (TPSA) is 75.7 Å². The van der Waals surface area contributed by atoms with E-state index in [0.29, 0.717) is 28.1 Å². The molecule has 1 amide bonds. The fourth-order valence-corrected chi connectivity index (χ4v) is 5.91. The van der Waals surface area contributed by atoms with Crippen molar-refractivity contribution in [3.8, 4) is 5.75 Å². The number of sulfonamides is 1. The average molecular weight is 429 g/mol. The first kappa shape index (κ1) is 20.1. The van der Waals surface area contributed by atoms with Gasteiger partial charge in [-0.3, -0.25) is 4.79 Å². The molecule has 146 valence electrons. The molecule has 1 aliphatic rings. The molecule has 1 aliphatic heterocycles. The van der Waals surface area contributed by atoms with Crippen LogP contribution in [0.25, 0.3) is 0 Å². The molecule has 0 radical (unpaired) electrons. The van der Waals surface area contributed by atoms with E-state index in [4.69, 9.17) is 16.3 Å². The van der Waals surface area contributed by atoms with Crippen LogP contribution in [0.2, 0.25) is 5.02 Å². The summed E-state index contributed by atoms with van der Waals surface area (Å²) in [7, 11) is -3.42. The van der Waals surface area contributed by atoms with Gasteiger partial charge in [-0.25, -0.2) is 8.42 Å². The molecule has 27 heavy (non-hydrogen) atoms. The van der Waals surface area contributed by atoms with Gasteiger partial charge in [0.2, 0.25) is 0 Å². The van der Waals surface area contributed by atoms with Gasteiger partial charge in [-0.05, 0) is 50.1 Å². The van der Waals surface area contributed by atoms with Gasteiger partial charge in [0, 0.05) is 23.0 Å². The lowest BCUT2D eigenvalue weighted by molar-refractivity contribution is -0.127. The number of carbonyl (C=O) groups is 1. The third-order valence-electron chi connectivity index (χ3n) is 4.21. The monoisotopic (exact) mass is 428 g/mol. The number of carbonyl (C=O) groups excluding carboxylic acids is 1. The van der Waals surface area contributed by atoms with E-state index in [1.165, 1.54) is 15.6 Å². The van der Waals surface area contributed by atoms with Crippen LogP contribution in [0, 0.1) is 0 Å². The van der Waals surface area contributed by atoms with Crippen LogP contribution in [0.1, 0.15) is 24.6 Å². The molecule has 3 rings (SSSR count). The molecule has 0 bridgehead atoms. The highest BCUT2D eigenvalue weighted by Gasteiger charge is 2.28. The SMILES string of the molecule is CC(Oc1cccc(Cl)c1)C(=O)NCc1ccc(S(=O)(=O)N2CCCC2)s1. The maximum Gasteiger partial charge on any atom is 0.261 e. The van der Waals surface area contributed by atoms with Crippen LogP contribution < -0.4 is 10.1 Å². The normalized spacial score (nSPS) is 16.2. The molecule has 1 unspecified atom stereocenters. The fourth-order valence-electron chi connectivity index (χ4n) is 2.76. The molecule has 1 saturated heterocycles. The summed E-state index contributed by atoms with van der Waals surface area (Å²) in [6.45, 7) is 3.05. The predicted octanol–water partition coefficient (Wildman–Crippen LogP) is 3.27. The number of rotatable bonds is 7. The summed E-state index contributed by atoms with van der Waals surface area (Å²) in [6.07, 6.45) is 1.10. The van der Waals surface area contributed by atoms with Crippen molar-refractivity contribution in [2.75, 3.05) is 13.1 Å². The Labute approximate surface area is 168 Å². The second kappa shape index (κ2) is 8.60. The summed E-state index contributed by atoms with van der Waals surface area (Å²) in [4.78, 5) is 13.0. The highest BCUT2D eigenvalue weighted by atomic mass is 35.5. The van der Waals surface area contributed by atoms with Crippen molar-refractivity contribution < 1.29 is 17.9 Å². The van der Waals surface area contributed by atoms with Gasteiger partial charge in [0.25, 0.3) is 15.9 Å². The van der Waals surface area contributed by atoms with Gasteiger partial charge >= 0.3 is 0 Å². The summed E-state index contributed by atoms with van der Waals surface area (Å²) in [5.41, 5.74) is 0. The number of hydrogen-bond acceptors (Lipinski definition) is 5. The second-order valence-corrected chi connectivity index (χ2v) is 10.0. The Balaban J connectivity index is 1.55. The van der Waals surface area contributed by atoms with Crippen molar-refractivity contribution >= 4 is 38.9 Å². The summed E-state index contributed by atoms with van der Waals surface area (Å²) < 4.78 is 32.5. The van der Waals surface area contributed by atoms with Crippen molar-refractivity contribution in [1.29, 1.82) is 0 Å². The maximum absolute atomic E-state index is 12.5. The first-order valence-corrected chi connectivity index (χ1v) is 11.3. The number of nitrogens with one attached hydrogen (secondary N) is 1. The molecule has 0 aliphatic carbocycles. The minimum Gasteiger partial charge on any atom is -0.481 e. The standard InChI is InChI=1S/C18H21ClN2O4S2/c1-13(25-15-6-4-5-14(19)11-15)18(22)20-12-16-7-8-17(26-16)27(23,24)21-9-2-3-10-21/h4-8,11,13H,2-3,9-10,12H2,1H3,(H,20,22). The summed E-state index contributed by atoms with van der Waals surface area (Å²) in [6, 6.07) is 10.2. The lowest BCUT2D eigenvalue weighted by atomic mass is 10.3. The molecule has 0 spiro atoms. The van der Waals surface area contributed by atoms with Gasteiger partial charge in [0.15, 0.2) is 6.10 Å². The molecule has 1 fully saturated rings. The third kappa shape index (κ3) is 5.01. The van der Waals surface area contributed by atoms with Crippen molar-refractivity contribution in [1.82, 2.24) is 9.62 Å². The maximum atomic E-state index is 12.5. The number of hydrogen-bond donors (Lipinski definition) is 1. The van der Waals surface area contributed by atoms with E-state index >= 15 is 0 Å². The van der Waals surface area contributed by atoms with Crippen molar-refractivity contribution in [3.05, 3.63) is 46.3 Å². The zero-order valence-electron chi connectivity index (χ0n) is 14.9. The first-order valence-electron chi connectivity index (χ1n) is 8.65. The van der Waals surface area contributed by atoms with Gasteiger partial charge in [0.05, 0.1) is 6.54 Å². The van der Waals surface area contributed by atoms with Gasteiger partial charge in [-0.1, -0.05) is 17.7 Å². The van der Waals surface area contributed by atoms with E-state index in [2.05, 4.69) is 5.32 Å².